The Kier molecular flexibility index (Phi) is 4.35. The number of nitrogens with zero attached hydrogens (tertiary/aromatic N) is 2. The minimum atomic E-state index is 0.257. The monoisotopic (exact) mass is 310 g/mol. The largest absolute Gasteiger partial charge is 0.468 e. The molecule has 0 unspecified atom stereocenters. The van der Waals surface area contributed by atoms with Gasteiger partial charge in [0.1, 0.15) is 5.75 Å². The molecule has 0 amide bonds. The van der Waals surface area contributed by atoms with Crippen LogP contribution in [0, 0.1) is 6.92 Å². The molecule has 0 bridgehead atoms. The third-order valence-corrected chi connectivity index (χ3v) is 3.87. The SMILES string of the molecule is COCOc1ccc2c(c1)cc(C(C)C)n2-c1ccnc(C)c1. The molecule has 0 saturated carbocycles. The Labute approximate surface area is 136 Å². The van der Waals surface area contributed by atoms with E-state index in [0.29, 0.717) is 5.92 Å². The Hall–Kier alpha value is -2.33. The fourth-order valence-electron chi connectivity index (χ4n) is 2.81. The third kappa shape index (κ3) is 3.08. The predicted octanol–water partition coefficient (Wildman–Crippen LogP) is 4.44. The number of benzene rings is 1. The molecule has 0 aliphatic heterocycles. The maximum absolute atomic E-state index is 5.56. The number of fused-ring (bicyclic) bond motifs is 1. The highest BCUT2D eigenvalue weighted by Gasteiger charge is 2.14. The van der Waals surface area contributed by atoms with E-state index in [2.05, 4.69) is 47.7 Å². The first-order valence-electron chi connectivity index (χ1n) is 7.80. The Morgan fingerprint density at radius 3 is 2.65 bits per heavy atom. The molecule has 120 valence electrons. The molecule has 0 N–H and O–H groups in total. The smallest absolute Gasteiger partial charge is 0.188 e. The minimum absolute atomic E-state index is 0.257. The fourth-order valence-corrected chi connectivity index (χ4v) is 2.81. The summed E-state index contributed by atoms with van der Waals surface area (Å²) in [6.07, 6.45) is 1.86. The number of ether oxygens (including phenoxy) is 2. The number of methoxy groups -OCH3 is 1. The molecule has 23 heavy (non-hydrogen) atoms. The van der Waals surface area contributed by atoms with Gasteiger partial charge < -0.3 is 14.0 Å². The Morgan fingerprint density at radius 2 is 1.96 bits per heavy atom. The molecule has 4 heteroatoms. The fraction of sp³-hybridized carbons (Fsp3) is 0.316. The first-order chi connectivity index (χ1) is 11.1. The van der Waals surface area contributed by atoms with Crippen molar-refractivity contribution in [3.63, 3.8) is 0 Å². The molecular weight excluding hydrogens is 288 g/mol. The summed E-state index contributed by atoms with van der Waals surface area (Å²) in [5, 5.41) is 1.16. The first kappa shape index (κ1) is 15.6. The summed E-state index contributed by atoms with van der Waals surface area (Å²) in [7, 11) is 1.62. The Bertz CT molecular complexity index is 821. The third-order valence-electron chi connectivity index (χ3n) is 3.87. The van der Waals surface area contributed by atoms with Gasteiger partial charge in [-0.25, -0.2) is 0 Å². The van der Waals surface area contributed by atoms with E-state index in [1.807, 2.05) is 25.3 Å². The van der Waals surface area contributed by atoms with Crippen molar-refractivity contribution in [1.82, 2.24) is 9.55 Å². The second-order valence-electron chi connectivity index (χ2n) is 5.99. The van der Waals surface area contributed by atoms with E-state index < -0.39 is 0 Å². The summed E-state index contributed by atoms with van der Waals surface area (Å²) in [4.78, 5) is 4.30. The van der Waals surface area contributed by atoms with Crippen molar-refractivity contribution >= 4 is 10.9 Å². The lowest BCUT2D eigenvalue weighted by Crippen LogP contribution is -2.02. The van der Waals surface area contributed by atoms with Gasteiger partial charge in [0, 0.05) is 35.8 Å². The summed E-state index contributed by atoms with van der Waals surface area (Å²) < 4.78 is 12.8. The molecule has 0 atom stereocenters. The van der Waals surface area contributed by atoms with E-state index in [-0.39, 0.29) is 6.79 Å². The number of aromatic nitrogens is 2. The second kappa shape index (κ2) is 6.42. The van der Waals surface area contributed by atoms with Gasteiger partial charge in [-0.3, -0.25) is 4.98 Å². The summed E-state index contributed by atoms with van der Waals surface area (Å²) in [6.45, 7) is 6.69. The normalized spacial score (nSPS) is 11.3. The number of hydrogen-bond donors (Lipinski definition) is 0. The highest BCUT2D eigenvalue weighted by molar-refractivity contribution is 5.85. The average molecular weight is 310 g/mol. The van der Waals surface area contributed by atoms with Gasteiger partial charge in [-0.05, 0) is 49.2 Å². The summed E-state index contributed by atoms with van der Waals surface area (Å²) in [6, 6.07) is 12.5. The predicted molar refractivity (Wildman–Crippen MR) is 92.4 cm³/mol. The van der Waals surface area contributed by atoms with E-state index in [9.17, 15) is 0 Å². The van der Waals surface area contributed by atoms with Gasteiger partial charge in [0.15, 0.2) is 6.79 Å². The van der Waals surface area contributed by atoms with Crippen molar-refractivity contribution in [3.8, 4) is 11.4 Å². The van der Waals surface area contributed by atoms with Gasteiger partial charge in [-0.2, -0.15) is 0 Å². The van der Waals surface area contributed by atoms with Crippen LogP contribution in [-0.4, -0.2) is 23.5 Å². The quantitative estimate of drug-likeness (QED) is 0.654. The van der Waals surface area contributed by atoms with Crippen LogP contribution in [0.5, 0.6) is 5.75 Å². The molecule has 0 fully saturated rings. The van der Waals surface area contributed by atoms with Crippen LogP contribution in [0.2, 0.25) is 0 Å². The lowest BCUT2D eigenvalue weighted by atomic mass is 10.1. The molecule has 2 heterocycles. The van der Waals surface area contributed by atoms with Crippen molar-refractivity contribution < 1.29 is 9.47 Å². The van der Waals surface area contributed by atoms with Crippen LogP contribution in [0.1, 0.15) is 31.2 Å². The molecule has 3 rings (SSSR count). The van der Waals surface area contributed by atoms with E-state index in [0.717, 1.165) is 22.5 Å². The second-order valence-corrected chi connectivity index (χ2v) is 5.99. The van der Waals surface area contributed by atoms with Crippen molar-refractivity contribution in [2.45, 2.75) is 26.7 Å². The highest BCUT2D eigenvalue weighted by Crippen LogP contribution is 2.31. The molecule has 0 saturated heterocycles. The van der Waals surface area contributed by atoms with Crippen molar-refractivity contribution in [2.24, 2.45) is 0 Å². The summed E-state index contributed by atoms with van der Waals surface area (Å²) in [5.74, 6) is 1.23. The number of aryl methyl sites for hydroxylation is 1. The van der Waals surface area contributed by atoms with Crippen molar-refractivity contribution in [2.75, 3.05) is 13.9 Å². The lowest BCUT2D eigenvalue weighted by molar-refractivity contribution is 0.0512. The molecule has 0 radical (unpaired) electrons. The minimum Gasteiger partial charge on any atom is -0.468 e. The molecule has 0 aliphatic rings. The van der Waals surface area contributed by atoms with Gasteiger partial charge in [-0.1, -0.05) is 13.8 Å². The van der Waals surface area contributed by atoms with Crippen LogP contribution in [0.15, 0.2) is 42.6 Å². The van der Waals surface area contributed by atoms with Gasteiger partial charge in [0.2, 0.25) is 0 Å². The number of rotatable bonds is 5. The van der Waals surface area contributed by atoms with Crippen LogP contribution in [0.3, 0.4) is 0 Å². The summed E-state index contributed by atoms with van der Waals surface area (Å²) >= 11 is 0. The van der Waals surface area contributed by atoms with Gasteiger partial charge in [0.05, 0.1) is 5.52 Å². The molecular formula is C19H22N2O2. The van der Waals surface area contributed by atoms with Crippen LogP contribution in [0.25, 0.3) is 16.6 Å². The molecule has 1 aromatic carbocycles. The van der Waals surface area contributed by atoms with E-state index >= 15 is 0 Å². The Balaban J connectivity index is 2.16. The van der Waals surface area contributed by atoms with Gasteiger partial charge in [-0.15, -0.1) is 0 Å². The average Bonchev–Trinajstić information content (AvgIpc) is 2.91. The molecule has 0 spiro atoms. The van der Waals surface area contributed by atoms with E-state index in [1.54, 1.807) is 7.11 Å². The standard InChI is InChI=1S/C19H22N2O2/c1-13(2)19-11-15-10-17(23-12-22-4)5-6-18(15)21(19)16-7-8-20-14(3)9-16/h5-11,13H,12H2,1-4H3. The van der Waals surface area contributed by atoms with Crippen LogP contribution in [-0.2, 0) is 4.74 Å². The lowest BCUT2D eigenvalue weighted by Gasteiger charge is -2.14. The Morgan fingerprint density at radius 1 is 1.13 bits per heavy atom. The van der Waals surface area contributed by atoms with E-state index in [4.69, 9.17) is 9.47 Å². The number of hydrogen-bond acceptors (Lipinski definition) is 3. The molecule has 2 aromatic heterocycles. The van der Waals surface area contributed by atoms with Gasteiger partial charge in [0.25, 0.3) is 0 Å². The van der Waals surface area contributed by atoms with Crippen LogP contribution in [0.4, 0.5) is 0 Å². The maximum atomic E-state index is 5.56. The van der Waals surface area contributed by atoms with Crippen LogP contribution < -0.4 is 4.74 Å². The topological polar surface area (TPSA) is 36.3 Å². The van der Waals surface area contributed by atoms with Gasteiger partial charge >= 0.3 is 0 Å². The van der Waals surface area contributed by atoms with Crippen molar-refractivity contribution in [1.29, 1.82) is 0 Å². The maximum Gasteiger partial charge on any atom is 0.188 e. The number of pyridine rings is 1. The molecule has 0 aliphatic carbocycles. The highest BCUT2D eigenvalue weighted by atomic mass is 16.7. The zero-order valence-electron chi connectivity index (χ0n) is 14.0. The summed E-state index contributed by atoms with van der Waals surface area (Å²) in [5.41, 5.74) is 4.60. The zero-order valence-corrected chi connectivity index (χ0v) is 14.0. The van der Waals surface area contributed by atoms with Crippen LogP contribution >= 0.6 is 0 Å². The van der Waals surface area contributed by atoms with Crippen molar-refractivity contribution in [3.05, 3.63) is 54.0 Å². The first-order valence-corrected chi connectivity index (χ1v) is 7.80. The molecule has 4 nitrogen and oxygen atoms in total. The van der Waals surface area contributed by atoms with E-state index in [1.165, 1.54) is 11.2 Å². The zero-order chi connectivity index (χ0) is 16.4. The molecule has 3 aromatic rings.